The first-order valence-electron chi connectivity index (χ1n) is 10.3. The van der Waals surface area contributed by atoms with Crippen LogP contribution in [-0.4, -0.2) is 22.3 Å². The lowest BCUT2D eigenvalue weighted by Gasteiger charge is -2.28. The number of carbonyl (C=O) groups excluding carboxylic acids is 1. The van der Waals surface area contributed by atoms with E-state index in [-0.39, 0.29) is 17.3 Å². The number of rotatable bonds is 2. The molecule has 2 aromatic carbocycles. The maximum atomic E-state index is 13.5. The predicted molar refractivity (Wildman–Crippen MR) is 128 cm³/mol. The second-order valence-electron chi connectivity index (χ2n) is 8.00. The van der Waals surface area contributed by atoms with Crippen molar-refractivity contribution in [2.45, 2.75) is 19.9 Å². The molecule has 0 radical (unpaired) electrons. The van der Waals surface area contributed by atoms with Crippen LogP contribution < -0.4 is 11.5 Å². The van der Waals surface area contributed by atoms with Gasteiger partial charge >= 0.3 is 0 Å². The van der Waals surface area contributed by atoms with Crippen LogP contribution in [0.1, 0.15) is 31.9 Å². The monoisotopic (exact) mass is 439 g/mol. The highest BCUT2D eigenvalue weighted by Crippen LogP contribution is 2.43. The summed E-state index contributed by atoms with van der Waals surface area (Å²) in [6.07, 6.45) is 0.811. The van der Waals surface area contributed by atoms with Crippen molar-refractivity contribution in [3.8, 4) is 17.2 Å². The van der Waals surface area contributed by atoms with E-state index >= 15 is 0 Å². The average Bonchev–Trinajstić information content (AvgIpc) is 3.13. The Morgan fingerprint density at radius 3 is 2.56 bits per heavy atom. The zero-order chi connectivity index (χ0) is 22.4. The molecule has 0 spiro atoms. The fraction of sp³-hybridized carbons (Fsp3) is 0.160. The predicted octanol–water partition coefficient (Wildman–Crippen LogP) is 4.51. The number of hydrogen-bond acceptors (Lipinski definition) is 6. The molecule has 2 aromatic heterocycles. The van der Waals surface area contributed by atoms with Gasteiger partial charge in [0.05, 0.1) is 5.69 Å². The van der Waals surface area contributed by atoms with Crippen LogP contribution in [0.25, 0.3) is 21.3 Å². The Morgan fingerprint density at radius 2 is 1.84 bits per heavy atom. The van der Waals surface area contributed by atoms with Gasteiger partial charge in [0.15, 0.2) is 0 Å². The molecule has 5 rings (SSSR count). The number of thiophene rings is 1. The Kier molecular flexibility index (Phi) is 4.80. The summed E-state index contributed by atoms with van der Waals surface area (Å²) in [5.41, 5.74) is 18.3. The molecule has 6 nitrogen and oxygen atoms in total. The molecule has 0 unspecified atom stereocenters. The third-order valence-electron chi connectivity index (χ3n) is 5.97. The molecule has 0 bridgehead atoms. The summed E-state index contributed by atoms with van der Waals surface area (Å²) in [4.78, 5) is 20.7. The number of benzene rings is 2. The number of amides is 1. The van der Waals surface area contributed by atoms with Crippen LogP contribution in [0.5, 0.6) is 0 Å². The van der Waals surface area contributed by atoms with Crippen LogP contribution in [0.4, 0.5) is 11.5 Å². The van der Waals surface area contributed by atoms with E-state index in [0.717, 1.165) is 23.1 Å². The van der Waals surface area contributed by atoms with Gasteiger partial charge in [0, 0.05) is 24.0 Å². The Labute approximate surface area is 189 Å². The number of anilines is 2. The molecule has 1 aliphatic rings. The van der Waals surface area contributed by atoms with Gasteiger partial charge in [-0.25, -0.2) is 4.98 Å². The number of nitrogens with two attached hydrogens (primary N) is 2. The number of nitriles is 1. The van der Waals surface area contributed by atoms with E-state index in [1.165, 1.54) is 16.9 Å². The minimum absolute atomic E-state index is 0.119. The molecule has 7 heteroatoms. The summed E-state index contributed by atoms with van der Waals surface area (Å²) in [5, 5.41) is 10.4. The van der Waals surface area contributed by atoms with Gasteiger partial charge in [0.25, 0.3) is 5.91 Å². The lowest BCUT2D eigenvalue weighted by Crippen LogP contribution is -2.35. The standard InChI is InChI=1S/C25H21N5OS/c1-14-6-8-16(9-7-14)19-18(12-26)23(28)29-24-20(19)21(27)22(32-24)25(31)30-11-10-15-4-2-3-5-17(15)13-30/h2-9H,10-11,13,27H2,1H3,(H2,28,29). The first-order chi connectivity index (χ1) is 15.5. The van der Waals surface area contributed by atoms with Crippen molar-refractivity contribution < 1.29 is 4.79 Å². The van der Waals surface area contributed by atoms with E-state index in [0.29, 0.717) is 39.4 Å². The first-order valence-corrected chi connectivity index (χ1v) is 11.1. The number of nitrogen functional groups attached to an aromatic ring is 2. The zero-order valence-electron chi connectivity index (χ0n) is 17.6. The number of carbonyl (C=O) groups is 1. The van der Waals surface area contributed by atoms with Crippen LogP contribution in [0.2, 0.25) is 0 Å². The van der Waals surface area contributed by atoms with Crippen LogP contribution in [-0.2, 0) is 13.0 Å². The van der Waals surface area contributed by atoms with Crippen molar-refractivity contribution in [1.29, 1.82) is 5.26 Å². The molecule has 0 fully saturated rings. The highest BCUT2D eigenvalue weighted by molar-refractivity contribution is 7.21. The van der Waals surface area contributed by atoms with Crippen molar-refractivity contribution in [1.82, 2.24) is 9.88 Å². The molecular formula is C25H21N5OS. The van der Waals surface area contributed by atoms with E-state index in [1.54, 1.807) is 0 Å². The summed E-state index contributed by atoms with van der Waals surface area (Å²) >= 11 is 1.24. The van der Waals surface area contributed by atoms with Gasteiger partial charge in [-0.05, 0) is 30.0 Å². The molecule has 1 amide bonds. The lowest BCUT2D eigenvalue weighted by molar-refractivity contribution is 0.0740. The SMILES string of the molecule is Cc1ccc(-c2c(C#N)c(N)nc3sc(C(=O)N4CCc5ccccc5C4)c(N)c23)cc1. The molecular weight excluding hydrogens is 418 g/mol. The Balaban J connectivity index is 1.64. The lowest BCUT2D eigenvalue weighted by atomic mass is 9.96. The second kappa shape index (κ2) is 7.66. The third kappa shape index (κ3) is 3.17. The number of aryl methyl sites for hydroxylation is 1. The smallest absolute Gasteiger partial charge is 0.266 e. The van der Waals surface area contributed by atoms with Gasteiger partial charge in [-0.15, -0.1) is 11.3 Å². The Hall–Kier alpha value is -3.89. The maximum Gasteiger partial charge on any atom is 0.266 e. The molecule has 3 heterocycles. The van der Waals surface area contributed by atoms with Crippen molar-refractivity contribution in [2.24, 2.45) is 0 Å². The normalized spacial score (nSPS) is 13.1. The molecule has 4 N–H and O–H groups in total. The van der Waals surface area contributed by atoms with Crippen molar-refractivity contribution in [3.63, 3.8) is 0 Å². The van der Waals surface area contributed by atoms with Crippen LogP contribution in [0.3, 0.4) is 0 Å². The number of fused-ring (bicyclic) bond motifs is 2. The van der Waals surface area contributed by atoms with E-state index < -0.39 is 0 Å². The Bertz CT molecular complexity index is 1420. The largest absolute Gasteiger partial charge is 0.397 e. The molecule has 0 saturated carbocycles. The average molecular weight is 440 g/mol. The van der Waals surface area contributed by atoms with Gasteiger partial charge in [0.1, 0.15) is 27.2 Å². The topological polar surface area (TPSA) is 109 Å². The third-order valence-corrected chi connectivity index (χ3v) is 7.06. The van der Waals surface area contributed by atoms with Gasteiger partial charge in [0.2, 0.25) is 0 Å². The number of pyridine rings is 1. The summed E-state index contributed by atoms with van der Waals surface area (Å²) in [7, 11) is 0. The molecule has 158 valence electrons. The van der Waals surface area contributed by atoms with E-state index in [9.17, 15) is 10.1 Å². The molecule has 0 saturated heterocycles. The zero-order valence-corrected chi connectivity index (χ0v) is 18.4. The summed E-state index contributed by atoms with van der Waals surface area (Å²) in [5.74, 6) is 0.0228. The van der Waals surface area contributed by atoms with Crippen molar-refractivity contribution in [3.05, 3.63) is 75.7 Å². The number of aromatic nitrogens is 1. The Morgan fingerprint density at radius 1 is 1.12 bits per heavy atom. The number of hydrogen-bond donors (Lipinski definition) is 2. The number of nitrogens with zero attached hydrogens (tertiary/aromatic N) is 3. The summed E-state index contributed by atoms with van der Waals surface area (Å²) < 4.78 is 0. The highest BCUT2D eigenvalue weighted by atomic mass is 32.1. The van der Waals surface area contributed by atoms with E-state index in [2.05, 4.69) is 23.2 Å². The summed E-state index contributed by atoms with van der Waals surface area (Å²) in [6.45, 7) is 3.18. The van der Waals surface area contributed by atoms with Gasteiger partial charge < -0.3 is 16.4 Å². The van der Waals surface area contributed by atoms with E-state index in [1.807, 2.05) is 48.2 Å². The maximum absolute atomic E-state index is 13.5. The first kappa shape index (κ1) is 20.0. The minimum Gasteiger partial charge on any atom is -0.397 e. The fourth-order valence-electron chi connectivity index (χ4n) is 4.26. The molecule has 32 heavy (non-hydrogen) atoms. The quantitative estimate of drug-likeness (QED) is 0.478. The summed E-state index contributed by atoms with van der Waals surface area (Å²) in [6, 6.07) is 18.2. The minimum atomic E-state index is -0.119. The fourth-order valence-corrected chi connectivity index (χ4v) is 5.34. The molecule has 0 aliphatic carbocycles. The van der Waals surface area contributed by atoms with Gasteiger partial charge in [-0.3, -0.25) is 4.79 Å². The van der Waals surface area contributed by atoms with Crippen molar-refractivity contribution in [2.75, 3.05) is 18.0 Å². The molecule has 4 aromatic rings. The van der Waals surface area contributed by atoms with Crippen molar-refractivity contribution >= 4 is 39.0 Å². The second-order valence-corrected chi connectivity index (χ2v) is 8.99. The van der Waals surface area contributed by atoms with E-state index in [4.69, 9.17) is 11.5 Å². The van der Waals surface area contributed by atoms with Crippen LogP contribution in [0, 0.1) is 18.3 Å². The molecule has 0 atom stereocenters. The highest BCUT2D eigenvalue weighted by Gasteiger charge is 2.28. The van der Waals surface area contributed by atoms with Crippen LogP contribution >= 0.6 is 11.3 Å². The van der Waals surface area contributed by atoms with Gasteiger partial charge in [-0.1, -0.05) is 54.1 Å². The van der Waals surface area contributed by atoms with Gasteiger partial charge in [-0.2, -0.15) is 5.26 Å². The molecule has 1 aliphatic heterocycles. The van der Waals surface area contributed by atoms with Crippen LogP contribution in [0.15, 0.2) is 48.5 Å².